The fourth-order valence-corrected chi connectivity index (χ4v) is 1.62. The molecule has 1 aromatic heterocycles. The predicted molar refractivity (Wildman–Crippen MR) is 62.0 cm³/mol. The summed E-state index contributed by atoms with van der Waals surface area (Å²) in [6.07, 6.45) is 0.534. The van der Waals surface area contributed by atoms with E-state index in [4.69, 9.17) is 17.3 Å². The van der Waals surface area contributed by atoms with Crippen molar-refractivity contribution in [1.82, 2.24) is 14.8 Å². The molecule has 0 radical (unpaired) electrons. The van der Waals surface area contributed by atoms with E-state index in [1.165, 1.54) is 4.68 Å². The molecule has 0 atom stereocenters. The van der Waals surface area contributed by atoms with Gasteiger partial charge >= 0.3 is 5.69 Å². The molecule has 0 bridgehead atoms. The number of halogens is 1. The highest BCUT2D eigenvalue weighted by Crippen LogP contribution is 2.17. The second-order valence-electron chi connectivity index (χ2n) is 3.28. The molecule has 2 aromatic rings. The maximum absolute atomic E-state index is 11.6. The SMILES string of the molecule is NCCc1nn(-c2ccccc2Cl)c(=O)[nH]1. The highest BCUT2D eigenvalue weighted by molar-refractivity contribution is 6.32. The van der Waals surface area contributed by atoms with Crippen molar-refractivity contribution in [2.45, 2.75) is 6.42 Å². The smallest absolute Gasteiger partial charge is 0.330 e. The minimum atomic E-state index is -0.309. The molecule has 6 heteroatoms. The number of para-hydroxylation sites is 1. The van der Waals surface area contributed by atoms with E-state index in [9.17, 15) is 4.79 Å². The molecule has 0 saturated carbocycles. The van der Waals surface area contributed by atoms with Gasteiger partial charge in [0.25, 0.3) is 0 Å². The van der Waals surface area contributed by atoms with Gasteiger partial charge < -0.3 is 5.73 Å². The Morgan fingerprint density at radius 3 is 2.88 bits per heavy atom. The summed E-state index contributed by atoms with van der Waals surface area (Å²) in [4.78, 5) is 14.2. The number of benzene rings is 1. The first-order valence-corrected chi connectivity index (χ1v) is 5.23. The number of nitrogens with two attached hydrogens (primary N) is 1. The van der Waals surface area contributed by atoms with Crippen molar-refractivity contribution in [3.8, 4) is 5.69 Å². The van der Waals surface area contributed by atoms with Crippen molar-refractivity contribution in [3.63, 3.8) is 0 Å². The zero-order valence-electron chi connectivity index (χ0n) is 8.48. The lowest BCUT2D eigenvalue weighted by molar-refractivity contribution is 0.804. The van der Waals surface area contributed by atoms with E-state index in [1.54, 1.807) is 24.3 Å². The normalized spacial score (nSPS) is 10.6. The first-order chi connectivity index (χ1) is 7.72. The van der Waals surface area contributed by atoms with E-state index < -0.39 is 0 Å². The van der Waals surface area contributed by atoms with Crippen molar-refractivity contribution < 1.29 is 0 Å². The molecule has 1 heterocycles. The Kier molecular flexibility index (Phi) is 3.07. The van der Waals surface area contributed by atoms with Gasteiger partial charge in [-0.05, 0) is 18.7 Å². The van der Waals surface area contributed by atoms with Crippen LogP contribution in [-0.2, 0) is 6.42 Å². The molecule has 0 unspecified atom stereocenters. The maximum Gasteiger partial charge on any atom is 0.348 e. The molecule has 5 nitrogen and oxygen atoms in total. The summed E-state index contributed by atoms with van der Waals surface area (Å²) < 4.78 is 1.24. The van der Waals surface area contributed by atoms with Crippen LogP contribution in [0.3, 0.4) is 0 Å². The number of aromatic amines is 1. The van der Waals surface area contributed by atoms with Crippen molar-refractivity contribution in [2.24, 2.45) is 5.73 Å². The van der Waals surface area contributed by atoms with Gasteiger partial charge in [-0.15, -0.1) is 0 Å². The van der Waals surface area contributed by atoms with E-state index in [0.29, 0.717) is 29.5 Å². The van der Waals surface area contributed by atoms with Crippen LogP contribution in [0.4, 0.5) is 0 Å². The van der Waals surface area contributed by atoms with Gasteiger partial charge in [0.2, 0.25) is 0 Å². The van der Waals surface area contributed by atoms with Gasteiger partial charge in [-0.1, -0.05) is 23.7 Å². The first kappa shape index (κ1) is 10.9. The van der Waals surface area contributed by atoms with Gasteiger partial charge in [0.15, 0.2) is 0 Å². The lowest BCUT2D eigenvalue weighted by Crippen LogP contribution is -2.16. The number of aromatic nitrogens is 3. The van der Waals surface area contributed by atoms with Crippen LogP contribution in [0.25, 0.3) is 5.69 Å². The van der Waals surface area contributed by atoms with Crippen LogP contribution in [-0.4, -0.2) is 21.3 Å². The Balaban J connectivity index is 2.48. The average molecular weight is 239 g/mol. The monoisotopic (exact) mass is 238 g/mol. The molecule has 0 aliphatic heterocycles. The number of nitrogens with one attached hydrogen (secondary N) is 1. The van der Waals surface area contributed by atoms with Crippen LogP contribution in [0, 0.1) is 0 Å². The largest absolute Gasteiger partial charge is 0.348 e. The number of hydrogen-bond acceptors (Lipinski definition) is 3. The van der Waals surface area contributed by atoms with Crippen molar-refractivity contribution >= 4 is 11.6 Å². The zero-order chi connectivity index (χ0) is 11.5. The van der Waals surface area contributed by atoms with Crippen LogP contribution in [0.15, 0.2) is 29.1 Å². The highest BCUT2D eigenvalue weighted by Gasteiger charge is 2.08. The fourth-order valence-electron chi connectivity index (χ4n) is 1.40. The fraction of sp³-hybridized carbons (Fsp3) is 0.200. The predicted octanol–water partition coefficient (Wildman–Crippen LogP) is 0.715. The molecule has 0 amide bonds. The Morgan fingerprint density at radius 2 is 2.19 bits per heavy atom. The molecule has 84 valence electrons. The zero-order valence-corrected chi connectivity index (χ0v) is 9.24. The summed E-state index contributed by atoms with van der Waals surface area (Å²) in [5.74, 6) is 0.562. The lowest BCUT2D eigenvalue weighted by Gasteiger charge is -2.00. The quantitative estimate of drug-likeness (QED) is 0.827. The van der Waals surface area contributed by atoms with E-state index >= 15 is 0 Å². The van der Waals surface area contributed by atoms with Gasteiger partial charge in [-0.2, -0.15) is 9.78 Å². The molecular weight excluding hydrogens is 228 g/mol. The minimum Gasteiger partial charge on any atom is -0.330 e. The number of nitrogens with zero attached hydrogens (tertiary/aromatic N) is 2. The van der Waals surface area contributed by atoms with Crippen molar-refractivity contribution in [3.05, 3.63) is 45.6 Å². The Bertz CT molecular complexity index is 546. The summed E-state index contributed by atoms with van der Waals surface area (Å²) in [5.41, 5.74) is 5.65. The third-order valence-corrected chi connectivity index (χ3v) is 2.45. The average Bonchev–Trinajstić information content (AvgIpc) is 2.61. The number of H-pyrrole nitrogens is 1. The topological polar surface area (TPSA) is 76.7 Å². The van der Waals surface area contributed by atoms with Crippen LogP contribution >= 0.6 is 11.6 Å². The maximum atomic E-state index is 11.6. The number of rotatable bonds is 3. The van der Waals surface area contributed by atoms with Crippen molar-refractivity contribution in [1.29, 1.82) is 0 Å². The number of hydrogen-bond donors (Lipinski definition) is 2. The summed E-state index contributed by atoms with van der Waals surface area (Å²) in [5, 5.41) is 4.60. The standard InChI is InChI=1S/C10H11ClN4O/c11-7-3-1-2-4-8(7)15-10(16)13-9(14-15)5-6-12/h1-4H,5-6,12H2,(H,13,14,16). The second-order valence-corrected chi connectivity index (χ2v) is 3.69. The van der Waals surface area contributed by atoms with Crippen LogP contribution in [0.5, 0.6) is 0 Å². The Labute approximate surface area is 96.8 Å². The van der Waals surface area contributed by atoms with Gasteiger partial charge in [-0.3, -0.25) is 4.98 Å². The molecule has 0 aliphatic rings. The third-order valence-electron chi connectivity index (χ3n) is 2.13. The summed E-state index contributed by atoms with van der Waals surface area (Å²) in [6, 6.07) is 7.03. The Morgan fingerprint density at radius 1 is 1.44 bits per heavy atom. The van der Waals surface area contributed by atoms with Crippen LogP contribution < -0.4 is 11.4 Å². The van der Waals surface area contributed by atoms with Crippen molar-refractivity contribution in [2.75, 3.05) is 6.54 Å². The van der Waals surface area contributed by atoms with Gasteiger partial charge in [0, 0.05) is 6.42 Å². The molecule has 0 fully saturated rings. The summed E-state index contributed by atoms with van der Waals surface area (Å²) in [6.45, 7) is 0.440. The first-order valence-electron chi connectivity index (χ1n) is 4.85. The third kappa shape index (κ3) is 2.00. The molecule has 1 aromatic carbocycles. The molecular formula is C10H11ClN4O. The highest BCUT2D eigenvalue weighted by atomic mass is 35.5. The van der Waals surface area contributed by atoms with Gasteiger partial charge in [0.05, 0.1) is 10.7 Å². The van der Waals surface area contributed by atoms with Gasteiger partial charge in [-0.25, -0.2) is 4.79 Å². The lowest BCUT2D eigenvalue weighted by atomic mass is 10.3. The van der Waals surface area contributed by atoms with E-state index in [-0.39, 0.29) is 5.69 Å². The molecule has 0 saturated heterocycles. The van der Waals surface area contributed by atoms with E-state index in [1.807, 2.05) is 0 Å². The second kappa shape index (κ2) is 4.51. The van der Waals surface area contributed by atoms with Crippen LogP contribution in [0.1, 0.15) is 5.82 Å². The summed E-state index contributed by atoms with van der Waals surface area (Å²) >= 11 is 5.98. The summed E-state index contributed by atoms with van der Waals surface area (Å²) in [7, 11) is 0. The molecule has 3 N–H and O–H groups in total. The van der Waals surface area contributed by atoms with E-state index in [2.05, 4.69) is 10.1 Å². The molecule has 16 heavy (non-hydrogen) atoms. The van der Waals surface area contributed by atoms with Gasteiger partial charge in [0.1, 0.15) is 5.82 Å². The molecule has 0 spiro atoms. The molecule has 2 rings (SSSR count). The van der Waals surface area contributed by atoms with E-state index in [0.717, 1.165) is 0 Å². The van der Waals surface area contributed by atoms with Crippen LogP contribution in [0.2, 0.25) is 5.02 Å². The molecule has 0 aliphatic carbocycles. The minimum absolute atomic E-state index is 0.309. The Hall–Kier alpha value is -1.59.